The average molecular weight is 779 g/mol. The summed E-state index contributed by atoms with van der Waals surface area (Å²) >= 11 is 0. The molecule has 0 aromatic rings. The molecule has 0 saturated heterocycles. The molecule has 6 fully saturated rings. The van der Waals surface area contributed by atoms with Gasteiger partial charge in [-0.25, -0.2) is 6.57 Å². The van der Waals surface area contributed by atoms with Crippen molar-refractivity contribution in [1.29, 1.82) is 5.26 Å². The van der Waals surface area contributed by atoms with Crippen LogP contribution in [0.25, 0.3) is 4.85 Å². The fourth-order valence-electron chi connectivity index (χ4n) is 12.8. The molecule has 6 aliphatic carbocycles. The van der Waals surface area contributed by atoms with Crippen LogP contribution in [0, 0.1) is 57.1 Å². The van der Waals surface area contributed by atoms with E-state index in [0.717, 1.165) is 25.2 Å². The molecule has 0 bridgehead atoms. The zero-order valence-electron chi connectivity index (χ0n) is 36.1. The first-order chi connectivity index (χ1) is 27.0. The number of hydroxylamine groups is 3. The zero-order valence-corrected chi connectivity index (χ0v) is 36.1. The van der Waals surface area contributed by atoms with E-state index in [1.165, 1.54) is 180 Å². The normalized spacial score (nSPS) is 25.0. The summed E-state index contributed by atoms with van der Waals surface area (Å²) in [6.45, 7) is 8.57. The van der Waals surface area contributed by atoms with Gasteiger partial charge in [0.25, 0.3) is 0 Å². The molecular weight excluding hydrogens is 697 g/mol. The lowest BCUT2D eigenvalue weighted by Crippen LogP contribution is -2.38. The van der Waals surface area contributed by atoms with E-state index < -0.39 is 5.97 Å². The molecule has 0 aromatic heterocycles. The van der Waals surface area contributed by atoms with E-state index in [9.17, 15) is 25.2 Å². The molecule has 6 aliphatic rings. The van der Waals surface area contributed by atoms with Gasteiger partial charge in [-0.15, -0.1) is 0 Å². The second-order valence-corrected chi connectivity index (χ2v) is 20.1. The molecular formula is C48H82N4O4. The smallest absolute Gasteiger partial charge is 0.312 e. The molecule has 56 heavy (non-hydrogen) atoms. The second kappa shape index (κ2) is 23.4. The first kappa shape index (κ1) is 46.5. The summed E-state index contributed by atoms with van der Waals surface area (Å²) in [4.78, 5) is 27.3. The molecule has 318 valence electrons. The third kappa shape index (κ3) is 14.0. The molecule has 0 radical (unpaired) electrons. The number of carbonyl (C=O) groups is 2. The van der Waals surface area contributed by atoms with Gasteiger partial charge in [-0.3, -0.25) is 14.4 Å². The first-order valence-electron chi connectivity index (χ1n) is 23.8. The summed E-state index contributed by atoms with van der Waals surface area (Å²) in [5.74, 6) is 1.77. The Labute approximate surface area is 342 Å². The molecule has 8 heteroatoms. The van der Waals surface area contributed by atoms with E-state index in [-0.39, 0.29) is 32.8 Å². The Hall–Kier alpha value is -2.16. The van der Waals surface area contributed by atoms with Crippen LogP contribution < -0.4 is 5.32 Å². The van der Waals surface area contributed by atoms with Crippen molar-refractivity contribution in [1.82, 2.24) is 5.32 Å². The van der Waals surface area contributed by atoms with Crippen LogP contribution in [0.15, 0.2) is 0 Å². The maximum atomic E-state index is 12.5. The molecule has 0 spiro atoms. The van der Waals surface area contributed by atoms with Crippen molar-refractivity contribution in [2.24, 2.45) is 34.0 Å². The number of nitrogens with zero attached hydrogens (tertiary/aromatic N) is 3. The number of hydrogen-bond donors (Lipinski definition) is 2. The van der Waals surface area contributed by atoms with Crippen molar-refractivity contribution in [2.75, 3.05) is 27.2 Å². The second-order valence-electron chi connectivity index (χ2n) is 20.1. The summed E-state index contributed by atoms with van der Waals surface area (Å²) in [5.41, 5.74) is 0.479. The van der Waals surface area contributed by atoms with Gasteiger partial charge in [0.2, 0.25) is 5.91 Å². The fourth-order valence-corrected chi connectivity index (χ4v) is 12.8. The Morgan fingerprint density at radius 1 is 0.696 bits per heavy atom. The highest BCUT2D eigenvalue weighted by Gasteiger charge is 2.50. The third-order valence-electron chi connectivity index (χ3n) is 15.9. The van der Waals surface area contributed by atoms with Crippen LogP contribution in [0.4, 0.5) is 0 Å². The summed E-state index contributed by atoms with van der Waals surface area (Å²) in [7, 11) is 3.31. The number of nitriles is 1. The Morgan fingerprint density at radius 3 is 1.46 bits per heavy atom. The predicted molar refractivity (Wildman–Crippen MR) is 227 cm³/mol. The Balaban J connectivity index is 0.000000190. The van der Waals surface area contributed by atoms with Crippen LogP contribution in [0.2, 0.25) is 0 Å². The number of rotatable bonds is 12. The van der Waals surface area contributed by atoms with Crippen molar-refractivity contribution in [3.63, 3.8) is 0 Å². The van der Waals surface area contributed by atoms with Crippen LogP contribution in [-0.4, -0.2) is 54.9 Å². The molecule has 8 nitrogen and oxygen atoms in total. The summed E-state index contributed by atoms with van der Waals surface area (Å²) in [6.07, 6.45) is 40.2. The first-order valence-corrected chi connectivity index (χ1v) is 23.8. The molecule has 1 amide bonds. The van der Waals surface area contributed by atoms with Crippen molar-refractivity contribution in [2.45, 2.75) is 218 Å². The fraction of sp³-hybridized carbons (Fsp3) is 0.917. The van der Waals surface area contributed by atoms with Gasteiger partial charge in [0.05, 0.1) is 32.5 Å². The SMILES string of the molecule is C[N+](C)([O-])CCCNC(=O)CC1(C2CCCC2)CCCCCC1.O=C(O)CC1(C2CCCC2)CCCCCC1.[C-]#[N+]C(C#N)C1(C2CCCC2)CCCCCC1. The number of quaternary nitrogens is 1. The quantitative estimate of drug-likeness (QED) is 0.0672. The molecule has 1 atom stereocenters. The Kier molecular flexibility index (Phi) is 19.5. The van der Waals surface area contributed by atoms with E-state index in [1.807, 2.05) is 0 Å². The van der Waals surface area contributed by atoms with Gasteiger partial charge in [-0.1, -0.05) is 116 Å². The number of carboxylic acids is 1. The van der Waals surface area contributed by atoms with E-state index in [2.05, 4.69) is 16.2 Å². The van der Waals surface area contributed by atoms with Gasteiger partial charge in [-0.05, 0) is 106 Å². The van der Waals surface area contributed by atoms with E-state index in [1.54, 1.807) is 14.1 Å². The summed E-state index contributed by atoms with van der Waals surface area (Å²) < 4.78 is -0.276. The van der Waals surface area contributed by atoms with Crippen LogP contribution in [0.5, 0.6) is 0 Å². The van der Waals surface area contributed by atoms with Crippen molar-refractivity contribution >= 4 is 11.9 Å². The van der Waals surface area contributed by atoms with Gasteiger partial charge in [0.1, 0.15) is 0 Å². The van der Waals surface area contributed by atoms with Crippen LogP contribution in [0.3, 0.4) is 0 Å². The summed E-state index contributed by atoms with van der Waals surface area (Å²) in [5, 5.41) is 33.2. The van der Waals surface area contributed by atoms with E-state index >= 15 is 0 Å². The number of aliphatic carboxylic acids is 1. The highest BCUT2D eigenvalue weighted by molar-refractivity contribution is 5.76. The maximum absolute atomic E-state index is 12.5. The minimum absolute atomic E-state index is 0.0451. The highest BCUT2D eigenvalue weighted by Crippen LogP contribution is 2.53. The number of carbonyl (C=O) groups excluding carboxylic acids is 1. The van der Waals surface area contributed by atoms with Gasteiger partial charge in [0, 0.05) is 19.4 Å². The van der Waals surface area contributed by atoms with Crippen molar-refractivity contribution in [3.05, 3.63) is 16.6 Å². The molecule has 1 unspecified atom stereocenters. The van der Waals surface area contributed by atoms with Gasteiger partial charge in [-0.2, -0.15) is 5.26 Å². The number of hydrogen-bond acceptors (Lipinski definition) is 4. The van der Waals surface area contributed by atoms with Gasteiger partial charge < -0.3 is 20.3 Å². The largest absolute Gasteiger partial charge is 0.633 e. The zero-order chi connectivity index (χ0) is 40.3. The number of carboxylic acid groups (broad SMARTS) is 1. The lowest BCUT2D eigenvalue weighted by atomic mass is 9.65. The summed E-state index contributed by atoms with van der Waals surface area (Å²) in [6, 6.07) is 1.93. The van der Waals surface area contributed by atoms with Crippen molar-refractivity contribution in [3.8, 4) is 6.07 Å². The monoisotopic (exact) mass is 779 g/mol. The average Bonchev–Trinajstić information content (AvgIpc) is 3.94. The standard InChI is InChI=1S/C19H36N2O2.C15H22N2.C14H24O2/c1-21(2,23)15-9-14-20-18(22)16-19(17-10-5-6-11-17)12-7-3-4-8-13-19;1-17-14(12-16)15(13-8-4-5-9-13)10-6-2-3-7-11-15;15-13(16)11-14(12-7-3-4-8-12)9-5-1-2-6-10-14/h17H,3-16H2,1-2H3,(H,20,22);13-14H,2-11H2;12H,1-11H2,(H,15,16). The van der Waals surface area contributed by atoms with Crippen molar-refractivity contribution < 1.29 is 19.3 Å². The molecule has 0 aliphatic heterocycles. The molecule has 2 N–H and O–H groups in total. The lowest BCUT2D eigenvalue weighted by molar-refractivity contribution is -0.840. The number of nitrogens with one attached hydrogen (secondary N) is 1. The molecule has 0 aromatic carbocycles. The highest BCUT2D eigenvalue weighted by atomic mass is 16.5. The third-order valence-corrected chi connectivity index (χ3v) is 15.9. The van der Waals surface area contributed by atoms with E-state index in [0.29, 0.717) is 37.8 Å². The topological polar surface area (TPSA) is 118 Å². The molecule has 6 rings (SSSR count). The minimum atomic E-state index is -0.575. The Morgan fingerprint density at radius 2 is 1.09 bits per heavy atom. The van der Waals surface area contributed by atoms with E-state index in [4.69, 9.17) is 6.57 Å². The number of amides is 1. The van der Waals surface area contributed by atoms with Crippen LogP contribution in [0.1, 0.15) is 212 Å². The van der Waals surface area contributed by atoms with Crippen LogP contribution >= 0.6 is 0 Å². The molecule has 0 heterocycles. The lowest BCUT2D eigenvalue weighted by Gasteiger charge is -2.38. The Bertz CT molecular complexity index is 1210. The van der Waals surface area contributed by atoms with Gasteiger partial charge in [0.15, 0.2) is 6.07 Å². The molecule has 6 saturated carbocycles. The minimum Gasteiger partial charge on any atom is -0.633 e. The predicted octanol–water partition coefficient (Wildman–Crippen LogP) is 12.3. The maximum Gasteiger partial charge on any atom is 0.312 e. The van der Waals surface area contributed by atoms with Gasteiger partial charge >= 0.3 is 12.0 Å². The van der Waals surface area contributed by atoms with Crippen LogP contribution in [-0.2, 0) is 9.59 Å².